The maximum absolute atomic E-state index is 12.4. The highest BCUT2D eigenvalue weighted by molar-refractivity contribution is 5.95. The SMILES string of the molecule is CC(C)(NC(=O)Nc1ccccc1)C(=O)N1CC[C@@H](N)C1. The van der Waals surface area contributed by atoms with Crippen LogP contribution in [0.25, 0.3) is 0 Å². The van der Waals surface area contributed by atoms with Gasteiger partial charge in [-0.2, -0.15) is 0 Å². The molecule has 0 radical (unpaired) electrons. The topological polar surface area (TPSA) is 87.5 Å². The zero-order valence-corrected chi connectivity index (χ0v) is 12.4. The molecule has 1 fully saturated rings. The van der Waals surface area contributed by atoms with Crippen molar-refractivity contribution in [2.45, 2.75) is 31.8 Å². The van der Waals surface area contributed by atoms with Crippen LogP contribution in [0.1, 0.15) is 20.3 Å². The van der Waals surface area contributed by atoms with Gasteiger partial charge in [0, 0.05) is 24.8 Å². The van der Waals surface area contributed by atoms with Crippen LogP contribution in [0.15, 0.2) is 30.3 Å². The predicted molar refractivity (Wildman–Crippen MR) is 81.8 cm³/mol. The number of carbonyl (C=O) groups excluding carboxylic acids is 2. The maximum atomic E-state index is 12.4. The molecule has 2 rings (SSSR count). The van der Waals surface area contributed by atoms with Gasteiger partial charge in [-0.25, -0.2) is 4.79 Å². The second-order valence-corrected chi connectivity index (χ2v) is 5.87. The summed E-state index contributed by atoms with van der Waals surface area (Å²) in [6.45, 7) is 4.59. The van der Waals surface area contributed by atoms with Gasteiger partial charge < -0.3 is 21.3 Å². The van der Waals surface area contributed by atoms with Gasteiger partial charge in [0.25, 0.3) is 0 Å². The highest BCUT2D eigenvalue weighted by atomic mass is 16.2. The molecule has 1 atom stereocenters. The van der Waals surface area contributed by atoms with E-state index in [2.05, 4.69) is 10.6 Å². The second-order valence-electron chi connectivity index (χ2n) is 5.87. The number of nitrogens with zero attached hydrogens (tertiary/aromatic N) is 1. The molecular formula is C15H22N4O2. The van der Waals surface area contributed by atoms with E-state index >= 15 is 0 Å². The predicted octanol–water partition coefficient (Wildman–Crippen LogP) is 1.15. The maximum Gasteiger partial charge on any atom is 0.320 e. The molecule has 0 unspecified atom stereocenters. The van der Waals surface area contributed by atoms with E-state index in [1.54, 1.807) is 30.9 Å². The van der Waals surface area contributed by atoms with Crippen LogP contribution in [0.2, 0.25) is 0 Å². The Balaban J connectivity index is 1.93. The third-order valence-corrected chi connectivity index (χ3v) is 3.50. The molecule has 1 aliphatic heterocycles. The average molecular weight is 290 g/mol. The van der Waals surface area contributed by atoms with Gasteiger partial charge in [-0.3, -0.25) is 4.79 Å². The first-order valence-electron chi connectivity index (χ1n) is 7.07. The number of nitrogens with two attached hydrogens (primary N) is 1. The second kappa shape index (κ2) is 6.13. The third-order valence-electron chi connectivity index (χ3n) is 3.50. The molecule has 0 saturated carbocycles. The smallest absolute Gasteiger partial charge is 0.320 e. The number of benzene rings is 1. The number of amides is 3. The summed E-state index contributed by atoms with van der Waals surface area (Å²) in [4.78, 5) is 26.1. The number of para-hydroxylation sites is 1. The van der Waals surface area contributed by atoms with Gasteiger partial charge in [0.1, 0.15) is 5.54 Å². The lowest BCUT2D eigenvalue weighted by Crippen LogP contribution is -2.56. The molecule has 1 aromatic carbocycles. The zero-order valence-electron chi connectivity index (χ0n) is 12.4. The molecule has 1 saturated heterocycles. The van der Waals surface area contributed by atoms with Crippen LogP contribution in [-0.2, 0) is 4.79 Å². The normalized spacial score (nSPS) is 18.4. The number of carbonyl (C=O) groups is 2. The molecule has 1 heterocycles. The van der Waals surface area contributed by atoms with Crippen molar-refractivity contribution >= 4 is 17.6 Å². The van der Waals surface area contributed by atoms with Crippen molar-refractivity contribution < 1.29 is 9.59 Å². The van der Waals surface area contributed by atoms with Gasteiger partial charge in [-0.1, -0.05) is 18.2 Å². The van der Waals surface area contributed by atoms with Crippen molar-refractivity contribution in [1.29, 1.82) is 0 Å². The molecule has 21 heavy (non-hydrogen) atoms. The fourth-order valence-electron chi connectivity index (χ4n) is 2.39. The largest absolute Gasteiger partial charge is 0.339 e. The Hall–Kier alpha value is -2.08. The molecule has 0 aliphatic carbocycles. The molecule has 6 heteroatoms. The number of nitrogens with one attached hydrogen (secondary N) is 2. The number of hydrogen-bond donors (Lipinski definition) is 3. The Morgan fingerprint density at radius 1 is 1.29 bits per heavy atom. The van der Waals surface area contributed by atoms with E-state index in [1.807, 2.05) is 18.2 Å². The standard InChI is InChI=1S/C15H22N4O2/c1-15(2,13(20)19-9-8-11(16)10-19)18-14(21)17-12-6-4-3-5-7-12/h3-7,11H,8-10,16H2,1-2H3,(H2,17,18,21)/t11-/m1/s1. The first-order chi connectivity index (χ1) is 9.88. The van der Waals surface area contributed by atoms with Crippen molar-refractivity contribution in [3.05, 3.63) is 30.3 Å². The third kappa shape index (κ3) is 3.95. The Morgan fingerprint density at radius 2 is 1.95 bits per heavy atom. The lowest BCUT2D eigenvalue weighted by Gasteiger charge is -2.30. The van der Waals surface area contributed by atoms with Crippen LogP contribution in [0, 0.1) is 0 Å². The average Bonchev–Trinajstić information content (AvgIpc) is 2.84. The van der Waals surface area contributed by atoms with Gasteiger partial charge in [0.2, 0.25) is 5.91 Å². The highest BCUT2D eigenvalue weighted by Gasteiger charge is 2.36. The molecule has 3 amide bonds. The highest BCUT2D eigenvalue weighted by Crippen LogP contribution is 2.15. The summed E-state index contributed by atoms with van der Waals surface area (Å²) >= 11 is 0. The van der Waals surface area contributed by atoms with Crippen molar-refractivity contribution in [2.75, 3.05) is 18.4 Å². The lowest BCUT2D eigenvalue weighted by molar-refractivity contribution is -0.135. The quantitative estimate of drug-likeness (QED) is 0.780. The minimum atomic E-state index is -0.969. The summed E-state index contributed by atoms with van der Waals surface area (Å²) in [5.74, 6) is -0.112. The van der Waals surface area contributed by atoms with Gasteiger partial charge in [0.05, 0.1) is 0 Å². The molecule has 0 aromatic heterocycles. The summed E-state index contributed by atoms with van der Waals surface area (Å²) < 4.78 is 0. The Labute approximate surface area is 124 Å². The molecule has 0 bridgehead atoms. The fraction of sp³-hybridized carbons (Fsp3) is 0.467. The van der Waals surface area contributed by atoms with Crippen molar-refractivity contribution in [2.24, 2.45) is 5.73 Å². The van der Waals surface area contributed by atoms with E-state index in [-0.39, 0.29) is 11.9 Å². The summed E-state index contributed by atoms with van der Waals surface area (Å²) in [5, 5.41) is 5.42. The molecular weight excluding hydrogens is 268 g/mol. The number of hydrogen-bond acceptors (Lipinski definition) is 3. The number of urea groups is 1. The minimum Gasteiger partial charge on any atom is -0.339 e. The van der Waals surface area contributed by atoms with Crippen LogP contribution < -0.4 is 16.4 Å². The van der Waals surface area contributed by atoms with E-state index in [1.165, 1.54) is 0 Å². The monoisotopic (exact) mass is 290 g/mol. The van der Waals surface area contributed by atoms with Crippen LogP contribution in [-0.4, -0.2) is 41.5 Å². The zero-order chi connectivity index (χ0) is 15.5. The number of anilines is 1. The summed E-state index contributed by atoms with van der Waals surface area (Å²) in [7, 11) is 0. The van der Waals surface area contributed by atoms with Crippen LogP contribution in [0.3, 0.4) is 0 Å². The molecule has 114 valence electrons. The Morgan fingerprint density at radius 3 is 2.52 bits per heavy atom. The summed E-state index contributed by atoms with van der Waals surface area (Å²) in [5.41, 5.74) is 5.53. The van der Waals surface area contributed by atoms with E-state index in [9.17, 15) is 9.59 Å². The summed E-state index contributed by atoms with van der Waals surface area (Å²) in [6.07, 6.45) is 0.804. The molecule has 0 spiro atoms. The minimum absolute atomic E-state index is 0.0305. The Kier molecular flexibility index (Phi) is 4.47. The lowest BCUT2D eigenvalue weighted by atomic mass is 10.0. The number of likely N-dealkylation sites (tertiary alicyclic amines) is 1. The molecule has 4 N–H and O–H groups in total. The van der Waals surface area contributed by atoms with E-state index < -0.39 is 11.6 Å². The van der Waals surface area contributed by atoms with Crippen LogP contribution in [0.5, 0.6) is 0 Å². The summed E-state index contributed by atoms with van der Waals surface area (Å²) in [6, 6.07) is 8.73. The van der Waals surface area contributed by atoms with Crippen LogP contribution >= 0.6 is 0 Å². The first kappa shape index (κ1) is 15.3. The van der Waals surface area contributed by atoms with Gasteiger partial charge in [0.15, 0.2) is 0 Å². The van der Waals surface area contributed by atoms with Gasteiger partial charge >= 0.3 is 6.03 Å². The molecule has 6 nitrogen and oxygen atoms in total. The first-order valence-corrected chi connectivity index (χ1v) is 7.07. The van der Waals surface area contributed by atoms with Crippen molar-refractivity contribution in [1.82, 2.24) is 10.2 Å². The Bertz CT molecular complexity index is 516. The molecule has 1 aliphatic rings. The van der Waals surface area contributed by atoms with Gasteiger partial charge in [-0.15, -0.1) is 0 Å². The van der Waals surface area contributed by atoms with E-state index in [0.29, 0.717) is 18.8 Å². The van der Waals surface area contributed by atoms with Gasteiger partial charge in [-0.05, 0) is 32.4 Å². The molecule has 1 aromatic rings. The van der Waals surface area contributed by atoms with E-state index in [4.69, 9.17) is 5.73 Å². The van der Waals surface area contributed by atoms with E-state index in [0.717, 1.165) is 6.42 Å². The van der Waals surface area contributed by atoms with Crippen molar-refractivity contribution in [3.63, 3.8) is 0 Å². The van der Waals surface area contributed by atoms with Crippen LogP contribution in [0.4, 0.5) is 10.5 Å². The number of rotatable bonds is 3. The van der Waals surface area contributed by atoms with Crippen molar-refractivity contribution in [3.8, 4) is 0 Å². The fourth-order valence-corrected chi connectivity index (χ4v) is 2.39.